The third-order valence-corrected chi connectivity index (χ3v) is 12.9. The summed E-state index contributed by atoms with van der Waals surface area (Å²) in [5.41, 5.74) is 3.09. The number of benzene rings is 3. The SMILES string of the molecule is CN(C)CC[C@H](CSc1ccccc1)Nc1ccc(S(=O)(=O)Nc2ncnc3cc(N4CCN(CC5=C(Br)CCCC5)CC4)ccc23)cc1[N+](=O)[O-]. The van der Waals surface area contributed by atoms with Crippen molar-refractivity contribution in [2.45, 2.75) is 47.9 Å². The molecule has 1 aromatic heterocycles. The highest BCUT2D eigenvalue weighted by atomic mass is 79.9. The van der Waals surface area contributed by atoms with Crippen molar-refractivity contribution in [3.8, 4) is 0 Å². The molecule has 15 heteroatoms. The van der Waals surface area contributed by atoms with Crippen LogP contribution in [0, 0.1) is 10.1 Å². The van der Waals surface area contributed by atoms with Crippen LogP contribution in [0.3, 0.4) is 0 Å². The van der Waals surface area contributed by atoms with Gasteiger partial charge in [0.05, 0.1) is 15.3 Å². The minimum Gasteiger partial charge on any atom is -0.376 e. The molecule has 1 fully saturated rings. The summed E-state index contributed by atoms with van der Waals surface area (Å²) < 4.78 is 31.3. The van der Waals surface area contributed by atoms with Crippen LogP contribution in [0.15, 0.2) is 92.9 Å². The van der Waals surface area contributed by atoms with Gasteiger partial charge in [-0.1, -0.05) is 34.1 Å². The molecule has 3 aromatic carbocycles. The largest absolute Gasteiger partial charge is 0.376 e. The van der Waals surface area contributed by atoms with Crippen molar-refractivity contribution >= 4 is 71.5 Å². The fourth-order valence-corrected chi connectivity index (χ4v) is 9.18. The second-order valence-electron chi connectivity index (χ2n) is 13.5. The van der Waals surface area contributed by atoms with Crippen LogP contribution in [0.1, 0.15) is 32.1 Å². The van der Waals surface area contributed by atoms with Crippen LogP contribution in [-0.4, -0.2) is 98.3 Å². The van der Waals surface area contributed by atoms with Gasteiger partial charge in [-0.2, -0.15) is 0 Å². The van der Waals surface area contributed by atoms with E-state index in [1.807, 2.05) is 62.6 Å². The van der Waals surface area contributed by atoms with Crippen LogP contribution in [0.5, 0.6) is 0 Å². The van der Waals surface area contributed by atoms with Gasteiger partial charge in [-0.15, -0.1) is 11.8 Å². The average molecular weight is 810 g/mol. The van der Waals surface area contributed by atoms with Crippen molar-refractivity contribution in [1.82, 2.24) is 19.8 Å². The highest BCUT2D eigenvalue weighted by Gasteiger charge is 2.25. The first-order valence-corrected chi connectivity index (χ1v) is 20.8. The lowest BCUT2D eigenvalue weighted by Gasteiger charge is -2.37. The van der Waals surface area contributed by atoms with Crippen LogP contribution in [0.4, 0.5) is 22.9 Å². The Labute approximate surface area is 318 Å². The predicted molar refractivity (Wildman–Crippen MR) is 214 cm³/mol. The number of allylic oxidation sites excluding steroid dienone is 1. The Bertz CT molecular complexity index is 2010. The Morgan fingerprint density at radius 2 is 1.77 bits per heavy atom. The number of thioether (sulfide) groups is 1. The molecule has 1 aliphatic heterocycles. The molecule has 52 heavy (non-hydrogen) atoms. The van der Waals surface area contributed by atoms with E-state index in [1.54, 1.807) is 11.8 Å². The number of anilines is 3. The van der Waals surface area contributed by atoms with E-state index in [9.17, 15) is 18.5 Å². The first-order valence-electron chi connectivity index (χ1n) is 17.5. The first kappa shape index (κ1) is 38.0. The van der Waals surface area contributed by atoms with E-state index >= 15 is 0 Å². The fraction of sp³-hybridized carbons (Fsp3) is 0.405. The van der Waals surface area contributed by atoms with Crippen LogP contribution >= 0.6 is 27.7 Å². The van der Waals surface area contributed by atoms with Crippen molar-refractivity contribution in [3.63, 3.8) is 0 Å². The lowest BCUT2D eigenvalue weighted by atomic mass is 9.99. The molecule has 4 aromatic rings. The third-order valence-electron chi connectivity index (χ3n) is 9.47. The van der Waals surface area contributed by atoms with Gasteiger partial charge in [-0.05, 0) is 105 Å². The summed E-state index contributed by atoms with van der Waals surface area (Å²) in [6.07, 6.45) is 6.90. The maximum atomic E-state index is 13.7. The van der Waals surface area contributed by atoms with Crippen LogP contribution < -0.4 is 14.9 Å². The molecule has 6 rings (SSSR count). The predicted octanol–water partition coefficient (Wildman–Crippen LogP) is 7.21. The second-order valence-corrected chi connectivity index (χ2v) is 17.2. The Morgan fingerprint density at radius 1 is 1.00 bits per heavy atom. The maximum Gasteiger partial charge on any atom is 0.293 e. The van der Waals surface area contributed by atoms with Crippen molar-refractivity contribution in [2.75, 3.05) is 74.1 Å². The molecule has 2 aliphatic rings. The highest BCUT2D eigenvalue weighted by Crippen LogP contribution is 2.33. The number of nitro benzene ring substituents is 1. The normalized spacial score (nSPS) is 16.3. The number of hydrogen-bond acceptors (Lipinski definition) is 11. The number of nitro groups is 1. The molecule has 2 N–H and O–H groups in total. The maximum absolute atomic E-state index is 13.7. The van der Waals surface area contributed by atoms with Crippen LogP contribution in [-0.2, 0) is 10.0 Å². The molecule has 0 saturated carbocycles. The van der Waals surface area contributed by atoms with E-state index in [4.69, 9.17) is 0 Å². The Morgan fingerprint density at radius 3 is 2.50 bits per heavy atom. The van der Waals surface area contributed by atoms with Gasteiger partial charge in [0.25, 0.3) is 15.7 Å². The Balaban J connectivity index is 1.15. The molecule has 276 valence electrons. The standard InChI is InChI=1S/C37H45BrN8O4S2/c1-43(2)17-16-28(25-51-30-9-4-3-5-10-30)41-34-15-13-31(23-36(34)46(47)48)52(49,50)42-37-32-14-12-29(22-35(32)39-26-40-37)45-20-18-44(19-21-45)24-27-8-6-7-11-33(27)38/h3-5,9-10,12-15,22-23,26,28,41H,6-8,11,16-21,24-25H2,1-2H3,(H,39,40,42)/t28-/m1/s1. The Kier molecular flexibility index (Phi) is 12.7. The molecular weight excluding hydrogens is 764 g/mol. The third kappa shape index (κ3) is 9.81. The highest BCUT2D eigenvalue weighted by molar-refractivity contribution is 9.11. The van der Waals surface area contributed by atoms with Gasteiger partial charge in [0, 0.05) is 66.6 Å². The number of nitrogens with one attached hydrogen (secondary N) is 2. The van der Waals surface area contributed by atoms with Crippen molar-refractivity contribution in [3.05, 3.63) is 93.2 Å². The van der Waals surface area contributed by atoms with Gasteiger partial charge in [-0.3, -0.25) is 19.7 Å². The molecule has 12 nitrogen and oxygen atoms in total. The molecule has 0 unspecified atom stereocenters. The minimum atomic E-state index is -4.23. The Hall–Kier alpha value is -3.76. The van der Waals surface area contributed by atoms with Gasteiger partial charge >= 0.3 is 0 Å². The zero-order chi connectivity index (χ0) is 36.7. The molecule has 0 spiro atoms. The number of nitrogens with zero attached hydrogens (tertiary/aromatic N) is 6. The van der Waals surface area contributed by atoms with Gasteiger partial charge in [0.2, 0.25) is 0 Å². The number of halogens is 1. The van der Waals surface area contributed by atoms with Crippen LogP contribution in [0.2, 0.25) is 0 Å². The zero-order valence-electron chi connectivity index (χ0n) is 29.5. The summed E-state index contributed by atoms with van der Waals surface area (Å²) in [6.45, 7) is 5.47. The molecule has 1 atom stereocenters. The topological polar surface area (TPSA) is 137 Å². The summed E-state index contributed by atoms with van der Waals surface area (Å²) in [7, 11) is -0.273. The van der Waals surface area contributed by atoms with Crippen molar-refractivity contribution in [1.29, 1.82) is 0 Å². The zero-order valence-corrected chi connectivity index (χ0v) is 32.7. The molecule has 1 saturated heterocycles. The first-order chi connectivity index (χ1) is 25.1. The number of fused-ring (bicyclic) bond motifs is 1. The summed E-state index contributed by atoms with van der Waals surface area (Å²) in [5.74, 6) is 0.783. The lowest BCUT2D eigenvalue weighted by Crippen LogP contribution is -2.47. The minimum absolute atomic E-state index is 0.102. The molecule has 0 bridgehead atoms. The van der Waals surface area contributed by atoms with Crippen LogP contribution in [0.25, 0.3) is 10.9 Å². The van der Waals surface area contributed by atoms with E-state index in [0.717, 1.165) is 68.8 Å². The monoisotopic (exact) mass is 808 g/mol. The van der Waals surface area contributed by atoms with E-state index < -0.39 is 14.9 Å². The van der Waals surface area contributed by atoms with Gasteiger partial charge in [-0.25, -0.2) is 18.4 Å². The smallest absolute Gasteiger partial charge is 0.293 e. The summed E-state index contributed by atoms with van der Waals surface area (Å²) in [4.78, 5) is 28.1. The average Bonchev–Trinajstić information content (AvgIpc) is 3.14. The van der Waals surface area contributed by atoms with Crippen molar-refractivity contribution in [2.24, 2.45) is 0 Å². The summed E-state index contributed by atoms with van der Waals surface area (Å²) in [6, 6.07) is 19.6. The van der Waals surface area contributed by atoms with E-state index in [0.29, 0.717) is 16.7 Å². The van der Waals surface area contributed by atoms with E-state index in [-0.39, 0.29) is 28.1 Å². The number of sulfonamides is 1. The quantitative estimate of drug-likeness (QED) is 0.0717. The van der Waals surface area contributed by atoms with Crippen molar-refractivity contribution < 1.29 is 13.3 Å². The van der Waals surface area contributed by atoms with E-state index in [2.05, 4.69) is 50.6 Å². The number of hydrogen-bond donors (Lipinski definition) is 2. The number of rotatable bonds is 15. The summed E-state index contributed by atoms with van der Waals surface area (Å²) >= 11 is 5.45. The number of aromatic nitrogens is 2. The molecule has 0 radical (unpaired) electrons. The summed E-state index contributed by atoms with van der Waals surface area (Å²) in [5, 5.41) is 16.1. The van der Waals surface area contributed by atoms with Gasteiger partial charge < -0.3 is 15.1 Å². The molecule has 2 heterocycles. The molecule has 0 amide bonds. The van der Waals surface area contributed by atoms with E-state index in [1.165, 1.54) is 47.8 Å². The lowest BCUT2D eigenvalue weighted by molar-refractivity contribution is -0.384. The fourth-order valence-electron chi connectivity index (χ4n) is 6.54. The van der Waals surface area contributed by atoms with Gasteiger partial charge in [0.15, 0.2) is 5.82 Å². The molecule has 1 aliphatic carbocycles. The number of piperazine rings is 1. The second kappa shape index (κ2) is 17.4. The molecular formula is C37H45BrN8O4S2. The van der Waals surface area contributed by atoms with Gasteiger partial charge in [0.1, 0.15) is 12.0 Å².